The van der Waals surface area contributed by atoms with Gasteiger partial charge < -0.3 is 4.98 Å². The summed E-state index contributed by atoms with van der Waals surface area (Å²) in [7, 11) is 0. The van der Waals surface area contributed by atoms with Crippen LogP contribution in [-0.4, -0.2) is 0 Å². The smallest absolute Gasteiger partial charge is 0 e. The number of aromatic nitrogens is 1. The van der Waals surface area contributed by atoms with Crippen molar-refractivity contribution in [2.45, 2.75) is 13.3 Å². The summed E-state index contributed by atoms with van der Waals surface area (Å²) >= 11 is 0. The van der Waals surface area contributed by atoms with Crippen LogP contribution in [0.3, 0.4) is 0 Å². The van der Waals surface area contributed by atoms with Crippen LogP contribution in [0.5, 0.6) is 0 Å². The number of aryl methyl sites for hydroxylation is 1. The van der Waals surface area contributed by atoms with Crippen molar-refractivity contribution >= 4 is 10.9 Å². The third-order valence-electron chi connectivity index (χ3n) is 1.99. The van der Waals surface area contributed by atoms with E-state index in [4.69, 9.17) is 0 Å². The Bertz CT molecular complexity index is 365. The van der Waals surface area contributed by atoms with E-state index in [1.54, 1.807) is 0 Å². The molecule has 0 amide bonds. The van der Waals surface area contributed by atoms with Crippen molar-refractivity contribution in [2.75, 3.05) is 0 Å². The Morgan fingerprint density at radius 2 is 2.00 bits per heavy atom. The molecule has 2 rings (SSSR count). The molecule has 0 N–H and O–H groups in total. The first kappa shape index (κ1) is 9.95. The van der Waals surface area contributed by atoms with Crippen LogP contribution in [0.15, 0.2) is 30.5 Å². The zero-order chi connectivity index (χ0) is 7.68. The molecule has 0 bridgehead atoms. The molecular weight excluding hydrogens is 223 g/mol. The maximum Gasteiger partial charge on any atom is 0 e. The van der Waals surface area contributed by atoms with Crippen LogP contribution in [0.25, 0.3) is 10.9 Å². The summed E-state index contributed by atoms with van der Waals surface area (Å²) in [5.41, 5.74) is 2.46. The minimum Gasteiger partial charge on any atom is -0.663 e. The predicted octanol–water partition coefficient (Wildman–Crippen LogP) is 2.36. The van der Waals surface area contributed by atoms with Crippen molar-refractivity contribution in [1.29, 1.82) is 0 Å². The van der Waals surface area contributed by atoms with Crippen molar-refractivity contribution in [3.8, 4) is 0 Å². The van der Waals surface area contributed by atoms with E-state index in [9.17, 15) is 0 Å². The van der Waals surface area contributed by atoms with Crippen LogP contribution in [-0.2, 0) is 39.1 Å². The molecule has 2 heteroatoms. The monoisotopic (exact) mass is 233 g/mol. The number of benzene rings is 1. The molecule has 2 aromatic rings. The molecule has 0 saturated carbocycles. The molecule has 1 nitrogen and oxygen atoms in total. The summed E-state index contributed by atoms with van der Waals surface area (Å²) in [5, 5.41) is 1.30. The Kier molecular flexibility index (Phi) is 3.48. The van der Waals surface area contributed by atoms with Crippen LogP contribution in [0.2, 0.25) is 0 Å². The van der Waals surface area contributed by atoms with E-state index in [2.05, 4.69) is 30.1 Å². The van der Waals surface area contributed by atoms with E-state index < -0.39 is 0 Å². The van der Waals surface area contributed by atoms with Gasteiger partial charge in [-0.15, -0.1) is 5.52 Å². The zero-order valence-electron chi connectivity index (χ0n) is 7.12. The molecule has 1 aromatic heterocycles. The van der Waals surface area contributed by atoms with E-state index in [1.165, 1.54) is 10.9 Å². The molecule has 0 fully saturated rings. The third-order valence-corrected chi connectivity index (χ3v) is 1.99. The molecule has 59 valence electrons. The Morgan fingerprint density at radius 1 is 1.25 bits per heavy atom. The van der Waals surface area contributed by atoms with Crippen LogP contribution >= 0.6 is 0 Å². The summed E-state index contributed by atoms with van der Waals surface area (Å²) in [6.45, 7) is 2.16. The largest absolute Gasteiger partial charge is 0.663 e. The minimum atomic E-state index is 0. The van der Waals surface area contributed by atoms with Gasteiger partial charge in [-0.05, 0) is 11.8 Å². The maximum atomic E-state index is 4.29. The maximum absolute atomic E-state index is 4.29. The van der Waals surface area contributed by atoms with Gasteiger partial charge in [-0.2, -0.15) is 6.20 Å². The zero-order valence-corrected chi connectivity index (χ0v) is 9.96. The molecule has 0 aliphatic heterocycles. The molecular formula is C10H10NY-. The molecule has 1 aromatic carbocycles. The first-order valence-corrected chi connectivity index (χ1v) is 3.91. The van der Waals surface area contributed by atoms with Crippen LogP contribution in [0.4, 0.5) is 0 Å². The van der Waals surface area contributed by atoms with Crippen molar-refractivity contribution in [1.82, 2.24) is 4.98 Å². The normalized spacial score (nSPS) is 9.75. The van der Waals surface area contributed by atoms with Crippen LogP contribution in [0, 0.1) is 0 Å². The standard InChI is InChI=1S/C10H10N.Y/c1-2-8-7-11-10-6-4-3-5-9(8)10;/h3-7H,2H2,1H3;/q-1;. The Morgan fingerprint density at radius 3 is 2.75 bits per heavy atom. The van der Waals surface area contributed by atoms with Gasteiger partial charge in [0, 0.05) is 32.7 Å². The molecule has 12 heavy (non-hydrogen) atoms. The molecule has 1 radical (unpaired) electrons. The summed E-state index contributed by atoms with van der Waals surface area (Å²) in [6.07, 6.45) is 3.03. The third kappa shape index (κ3) is 1.62. The summed E-state index contributed by atoms with van der Waals surface area (Å²) in [5.74, 6) is 0. The van der Waals surface area contributed by atoms with E-state index in [0.717, 1.165) is 11.9 Å². The molecule has 0 atom stereocenters. The number of hydrogen-bond donors (Lipinski definition) is 0. The number of hydrogen-bond acceptors (Lipinski definition) is 0. The van der Waals surface area contributed by atoms with Gasteiger partial charge in [0.1, 0.15) is 0 Å². The fourth-order valence-electron chi connectivity index (χ4n) is 1.36. The SMILES string of the molecule is CCc1c[n-]c2ccccc12.[Y]. The van der Waals surface area contributed by atoms with Gasteiger partial charge in [-0.25, -0.2) is 0 Å². The van der Waals surface area contributed by atoms with E-state index in [-0.39, 0.29) is 32.7 Å². The van der Waals surface area contributed by atoms with E-state index >= 15 is 0 Å². The second-order valence-corrected chi connectivity index (χ2v) is 2.65. The van der Waals surface area contributed by atoms with Gasteiger partial charge in [0.05, 0.1) is 0 Å². The number of fused-ring (bicyclic) bond motifs is 1. The average molecular weight is 233 g/mol. The number of rotatable bonds is 1. The molecule has 0 aliphatic rings. The molecule has 0 unspecified atom stereocenters. The van der Waals surface area contributed by atoms with Crippen molar-refractivity contribution < 1.29 is 32.7 Å². The predicted molar refractivity (Wildman–Crippen MR) is 46.6 cm³/mol. The van der Waals surface area contributed by atoms with E-state index in [1.807, 2.05) is 12.3 Å². The first-order valence-electron chi connectivity index (χ1n) is 3.91. The topological polar surface area (TPSA) is 14.1 Å². The van der Waals surface area contributed by atoms with Crippen molar-refractivity contribution in [3.05, 3.63) is 36.0 Å². The number of para-hydroxylation sites is 1. The fraction of sp³-hybridized carbons (Fsp3) is 0.200. The Balaban J connectivity index is 0.000000720. The van der Waals surface area contributed by atoms with Gasteiger partial charge in [0.15, 0.2) is 0 Å². The fourth-order valence-corrected chi connectivity index (χ4v) is 1.36. The molecule has 1 heterocycles. The van der Waals surface area contributed by atoms with Gasteiger partial charge in [-0.1, -0.05) is 36.8 Å². The van der Waals surface area contributed by atoms with Gasteiger partial charge >= 0.3 is 0 Å². The van der Waals surface area contributed by atoms with E-state index in [0.29, 0.717) is 0 Å². The van der Waals surface area contributed by atoms with Gasteiger partial charge in [0.2, 0.25) is 0 Å². The van der Waals surface area contributed by atoms with Crippen molar-refractivity contribution in [2.24, 2.45) is 0 Å². The second kappa shape index (κ2) is 4.20. The van der Waals surface area contributed by atoms with Gasteiger partial charge in [0.25, 0.3) is 0 Å². The number of nitrogens with zero attached hydrogens (tertiary/aromatic N) is 1. The quantitative estimate of drug-likeness (QED) is 0.737. The Labute approximate surface area is 97.4 Å². The van der Waals surface area contributed by atoms with Crippen LogP contribution < -0.4 is 4.98 Å². The van der Waals surface area contributed by atoms with Gasteiger partial charge in [-0.3, -0.25) is 0 Å². The van der Waals surface area contributed by atoms with Crippen molar-refractivity contribution in [3.63, 3.8) is 0 Å². The first-order chi connectivity index (χ1) is 5.42. The Hall–Kier alpha value is -0.136. The summed E-state index contributed by atoms with van der Waals surface area (Å²) in [6, 6.07) is 8.26. The molecule has 0 aliphatic carbocycles. The molecule has 0 saturated heterocycles. The molecule has 0 spiro atoms. The summed E-state index contributed by atoms with van der Waals surface area (Å²) < 4.78 is 0. The second-order valence-electron chi connectivity index (χ2n) is 2.65. The van der Waals surface area contributed by atoms with Crippen LogP contribution in [0.1, 0.15) is 12.5 Å². The average Bonchev–Trinajstić information content (AvgIpc) is 2.47. The minimum absolute atomic E-state index is 0. The summed E-state index contributed by atoms with van der Waals surface area (Å²) in [4.78, 5) is 4.29.